The zero-order valence-corrected chi connectivity index (χ0v) is 14.4. The summed E-state index contributed by atoms with van der Waals surface area (Å²) in [6.45, 7) is 5.56. The Morgan fingerprint density at radius 3 is 2.68 bits per heavy atom. The summed E-state index contributed by atoms with van der Waals surface area (Å²) < 4.78 is 20.1. The average molecular weight is 335 g/mol. The first kappa shape index (κ1) is 16.9. The van der Waals surface area contributed by atoms with Gasteiger partial charge in [-0.3, -0.25) is 4.79 Å². The molecule has 0 saturated carbocycles. The zero-order chi connectivity index (χ0) is 18.0. The second-order valence-corrected chi connectivity index (χ2v) is 6.27. The number of ketones is 1. The number of hydrogen-bond donors (Lipinski definition) is 0. The van der Waals surface area contributed by atoms with Crippen LogP contribution in [0.4, 0.5) is 4.39 Å². The van der Waals surface area contributed by atoms with Gasteiger partial charge in [0.25, 0.3) is 5.89 Å². The van der Waals surface area contributed by atoms with E-state index in [0.717, 1.165) is 11.1 Å². The minimum atomic E-state index is -0.539. The molecule has 1 heterocycles. The van der Waals surface area contributed by atoms with Gasteiger partial charge in [-0.15, -0.1) is 0 Å². The fourth-order valence-corrected chi connectivity index (χ4v) is 2.42. The molecular weight excluding hydrogens is 317 g/mol. The Hall–Kier alpha value is -2.93. The molecular formula is C21H18FNO2. The van der Waals surface area contributed by atoms with Crippen LogP contribution in [0.25, 0.3) is 11.1 Å². The predicted molar refractivity (Wildman–Crippen MR) is 94.7 cm³/mol. The quantitative estimate of drug-likeness (QED) is 0.665. The lowest BCUT2D eigenvalue weighted by Crippen LogP contribution is -2.11. The molecule has 3 aromatic rings. The number of halogens is 1. The van der Waals surface area contributed by atoms with E-state index in [1.54, 1.807) is 26.0 Å². The number of nitrogens with zero attached hydrogens (tertiary/aromatic N) is 1. The average Bonchev–Trinajstić information content (AvgIpc) is 3.00. The van der Waals surface area contributed by atoms with Crippen molar-refractivity contribution in [3.05, 3.63) is 64.8 Å². The van der Waals surface area contributed by atoms with E-state index in [0.29, 0.717) is 11.1 Å². The maximum Gasteiger partial charge on any atom is 0.274 e. The van der Waals surface area contributed by atoms with E-state index in [9.17, 15) is 9.18 Å². The number of aromatic nitrogens is 1. The summed E-state index contributed by atoms with van der Waals surface area (Å²) in [6.07, 6.45) is 0.0460. The van der Waals surface area contributed by atoms with Gasteiger partial charge in [0.1, 0.15) is 11.3 Å². The van der Waals surface area contributed by atoms with Crippen molar-refractivity contribution in [3.63, 3.8) is 0 Å². The Bertz CT molecular complexity index is 1010. The standard InChI is InChI=1S/C21H18FNO2/c1-13(2)18(24)12-16-8-10-17-21(20(16)22)25-19(23-17)11-9-15-7-5-4-6-14(15)3/h4-8,10,13H,12H2,1-3H3. The van der Waals surface area contributed by atoms with Gasteiger partial charge in [-0.05, 0) is 36.1 Å². The molecule has 0 bridgehead atoms. The third kappa shape index (κ3) is 3.61. The van der Waals surface area contributed by atoms with Crippen LogP contribution in [0, 0.1) is 30.5 Å². The van der Waals surface area contributed by atoms with E-state index >= 15 is 0 Å². The van der Waals surface area contributed by atoms with Gasteiger partial charge in [-0.1, -0.05) is 44.0 Å². The summed E-state index contributed by atoms with van der Waals surface area (Å²) >= 11 is 0. The molecule has 25 heavy (non-hydrogen) atoms. The number of oxazole rings is 1. The third-order valence-electron chi connectivity index (χ3n) is 4.03. The SMILES string of the molecule is Cc1ccccc1C#Cc1nc2ccc(CC(=O)C(C)C)c(F)c2o1. The van der Waals surface area contributed by atoms with Crippen molar-refractivity contribution in [1.29, 1.82) is 0 Å². The molecule has 126 valence electrons. The number of benzene rings is 2. The van der Waals surface area contributed by atoms with Crippen LogP contribution in [-0.2, 0) is 11.2 Å². The van der Waals surface area contributed by atoms with Gasteiger partial charge < -0.3 is 4.42 Å². The molecule has 1 aromatic heterocycles. The Kier molecular flexibility index (Phi) is 4.67. The summed E-state index contributed by atoms with van der Waals surface area (Å²) in [5.74, 6) is 5.29. The van der Waals surface area contributed by atoms with Gasteiger partial charge >= 0.3 is 0 Å². The number of fused-ring (bicyclic) bond motifs is 1. The van der Waals surface area contributed by atoms with Crippen LogP contribution < -0.4 is 0 Å². The van der Waals surface area contributed by atoms with E-state index < -0.39 is 5.82 Å². The van der Waals surface area contributed by atoms with Crippen molar-refractivity contribution < 1.29 is 13.6 Å². The number of aryl methyl sites for hydroxylation is 1. The van der Waals surface area contributed by atoms with E-state index in [1.165, 1.54) is 0 Å². The van der Waals surface area contributed by atoms with Crippen molar-refractivity contribution in [3.8, 4) is 11.8 Å². The van der Waals surface area contributed by atoms with Crippen LogP contribution in [0.15, 0.2) is 40.8 Å². The maximum atomic E-state index is 14.6. The first-order valence-electron chi connectivity index (χ1n) is 8.14. The van der Waals surface area contributed by atoms with Crippen LogP contribution in [0.5, 0.6) is 0 Å². The fraction of sp³-hybridized carbons (Fsp3) is 0.238. The van der Waals surface area contributed by atoms with E-state index in [1.807, 2.05) is 31.2 Å². The molecule has 2 aromatic carbocycles. The first-order chi connectivity index (χ1) is 12.0. The Morgan fingerprint density at radius 1 is 1.20 bits per heavy atom. The Balaban J connectivity index is 1.95. The van der Waals surface area contributed by atoms with Crippen molar-refractivity contribution >= 4 is 16.9 Å². The first-order valence-corrected chi connectivity index (χ1v) is 8.14. The molecule has 0 atom stereocenters. The number of carbonyl (C=O) groups is 1. The molecule has 0 radical (unpaired) electrons. The molecule has 3 rings (SSSR count). The summed E-state index contributed by atoms with van der Waals surface area (Å²) in [6, 6.07) is 11.0. The molecule has 0 spiro atoms. The highest BCUT2D eigenvalue weighted by Crippen LogP contribution is 2.23. The summed E-state index contributed by atoms with van der Waals surface area (Å²) in [7, 11) is 0. The molecule has 0 fully saturated rings. The minimum Gasteiger partial charge on any atom is -0.427 e. The Morgan fingerprint density at radius 2 is 1.96 bits per heavy atom. The maximum absolute atomic E-state index is 14.6. The van der Waals surface area contributed by atoms with Crippen molar-refractivity contribution in [2.45, 2.75) is 27.2 Å². The second kappa shape index (κ2) is 6.90. The summed E-state index contributed by atoms with van der Waals surface area (Å²) in [4.78, 5) is 16.1. The fourth-order valence-electron chi connectivity index (χ4n) is 2.42. The minimum absolute atomic E-state index is 0.0164. The van der Waals surface area contributed by atoms with Gasteiger partial charge in [-0.25, -0.2) is 9.37 Å². The third-order valence-corrected chi connectivity index (χ3v) is 4.03. The normalized spacial score (nSPS) is 10.8. The lowest BCUT2D eigenvalue weighted by Gasteiger charge is -2.05. The summed E-state index contributed by atoms with van der Waals surface area (Å²) in [5, 5.41) is 0. The largest absolute Gasteiger partial charge is 0.427 e. The summed E-state index contributed by atoms with van der Waals surface area (Å²) in [5.41, 5.74) is 2.68. The smallest absolute Gasteiger partial charge is 0.274 e. The molecule has 0 aliphatic carbocycles. The number of hydrogen-bond acceptors (Lipinski definition) is 3. The van der Waals surface area contributed by atoms with Gasteiger partial charge in [-0.2, -0.15) is 0 Å². The van der Waals surface area contributed by atoms with Crippen LogP contribution in [0.1, 0.15) is 36.4 Å². The van der Waals surface area contributed by atoms with Crippen molar-refractivity contribution in [2.24, 2.45) is 5.92 Å². The van der Waals surface area contributed by atoms with Crippen molar-refractivity contribution in [2.75, 3.05) is 0 Å². The van der Waals surface area contributed by atoms with E-state index in [-0.39, 0.29) is 29.6 Å². The van der Waals surface area contributed by atoms with Gasteiger partial charge in [0.05, 0.1) is 0 Å². The molecule has 0 unspecified atom stereocenters. The van der Waals surface area contributed by atoms with Gasteiger partial charge in [0, 0.05) is 17.9 Å². The highest BCUT2D eigenvalue weighted by molar-refractivity contribution is 5.84. The van der Waals surface area contributed by atoms with E-state index in [2.05, 4.69) is 16.8 Å². The molecule has 0 saturated heterocycles. The van der Waals surface area contributed by atoms with Gasteiger partial charge in [0.2, 0.25) is 0 Å². The van der Waals surface area contributed by atoms with Gasteiger partial charge in [0.15, 0.2) is 11.4 Å². The molecule has 0 N–H and O–H groups in total. The van der Waals surface area contributed by atoms with Crippen LogP contribution in [0.3, 0.4) is 0 Å². The molecule has 3 nitrogen and oxygen atoms in total. The lowest BCUT2D eigenvalue weighted by molar-refractivity contribution is -0.121. The molecule has 0 amide bonds. The van der Waals surface area contributed by atoms with Crippen molar-refractivity contribution in [1.82, 2.24) is 4.98 Å². The highest BCUT2D eigenvalue weighted by atomic mass is 19.1. The molecule has 0 aliphatic rings. The van der Waals surface area contributed by atoms with E-state index in [4.69, 9.17) is 4.42 Å². The number of Topliss-reactive ketones (excluding diaryl/α,β-unsaturated/α-hetero) is 1. The zero-order valence-electron chi connectivity index (χ0n) is 14.4. The topological polar surface area (TPSA) is 43.1 Å². The van der Waals surface area contributed by atoms with Crippen LogP contribution in [0.2, 0.25) is 0 Å². The highest BCUT2D eigenvalue weighted by Gasteiger charge is 2.17. The van der Waals surface area contributed by atoms with Crippen LogP contribution >= 0.6 is 0 Å². The lowest BCUT2D eigenvalue weighted by atomic mass is 10.0. The monoisotopic (exact) mass is 335 g/mol. The predicted octanol–water partition coefficient (Wildman–Crippen LogP) is 4.44. The molecule has 0 aliphatic heterocycles. The Labute approximate surface area is 145 Å². The molecule has 4 heteroatoms. The van der Waals surface area contributed by atoms with Crippen LogP contribution in [-0.4, -0.2) is 10.8 Å². The number of rotatable bonds is 3. The second-order valence-electron chi connectivity index (χ2n) is 6.27. The number of carbonyl (C=O) groups excluding carboxylic acids is 1.